The maximum Gasteiger partial charge on any atom is 0.311 e. The first-order chi connectivity index (χ1) is 8.99. The number of nitro groups is 1. The molecule has 1 heterocycles. The van der Waals surface area contributed by atoms with Crippen LogP contribution in [0.4, 0.5) is 17.3 Å². The zero-order chi connectivity index (χ0) is 14.4. The summed E-state index contributed by atoms with van der Waals surface area (Å²) in [6.07, 6.45) is 0. The van der Waals surface area contributed by atoms with Gasteiger partial charge < -0.3 is 16.0 Å². The van der Waals surface area contributed by atoms with Crippen LogP contribution in [0.1, 0.15) is 13.8 Å². The highest BCUT2D eigenvalue weighted by atomic mass is 16.6. The average Bonchev–Trinajstić information content (AvgIpc) is 2.37. The van der Waals surface area contributed by atoms with Crippen LogP contribution in [0.15, 0.2) is 12.1 Å². The van der Waals surface area contributed by atoms with Crippen LogP contribution in [0.5, 0.6) is 0 Å². The molecule has 8 heteroatoms. The number of anilines is 2. The fourth-order valence-electron chi connectivity index (χ4n) is 1.57. The SMILES string of the molecule is CCN(CC)C(=O)CNc1ccc([N+](=O)[O-])c(N)n1. The summed E-state index contributed by atoms with van der Waals surface area (Å²) >= 11 is 0. The van der Waals surface area contributed by atoms with E-state index in [0.29, 0.717) is 18.9 Å². The molecule has 1 amide bonds. The number of likely N-dealkylation sites (N-methyl/N-ethyl adjacent to an activating group) is 1. The van der Waals surface area contributed by atoms with Crippen LogP contribution in [-0.2, 0) is 4.79 Å². The number of nitrogens with one attached hydrogen (secondary N) is 1. The molecule has 8 nitrogen and oxygen atoms in total. The molecule has 0 fully saturated rings. The zero-order valence-electron chi connectivity index (χ0n) is 10.9. The van der Waals surface area contributed by atoms with Gasteiger partial charge in [0.2, 0.25) is 11.7 Å². The van der Waals surface area contributed by atoms with Crippen LogP contribution in [0.2, 0.25) is 0 Å². The van der Waals surface area contributed by atoms with Crippen LogP contribution in [0.3, 0.4) is 0 Å². The Bertz CT molecular complexity index is 473. The summed E-state index contributed by atoms with van der Waals surface area (Å²) in [6.45, 7) is 5.12. The first kappa shape index (κ1) is 14.7. The lowest BCUT2D eigenvalue weighted by atomic mass is 10.3. The van der Waals surface area contributed by atoms with E-state index in [9.17, 15) is 14.9 Å². The third-order valence-electron chi connectivity index (χ3n) is 2.64. The molecule has 0 unspecified atom stereocenters. The summed E-state index contributed by atoms with van der Waals surface area (Å²) in [6, 6.07) is 2.68. The van der Waals surface area contributed by atoms with Gasteiger partial charge in [-0.05, 0) is 19.9 Å². The Morgan fingerprint density at radius 3 is 2.58 bits per heavy atom. The molecule has 0 saturated carbocycles. The second kappa shape index (κ2) is 6.53. The maximum absolute atomic E-state index is 11.7. The van der Waals surface area contributed by atoms with Gasteiger partial charge >= 0.3 is 5.69 Å². The fourth-order valence-corrected chi connectivity index (χ4v) is 1.57. The van der Waals surface area contributed by atoms with Gasteiger partial charge in [-0.1, -0.05) is 0 Å². The smallest absolute Gasteiger partial charge is 0.311 e. The molecule has 0 atom stereocenters. The van der Waals surface area contributed by atoms with Gasteiger partial charge in [0.15, 0.2) is 0 Å². The van der Waals surface area contributed by atoms with Crippen molar-refractivity contribution < 1.29 is 9.72 Å². The molecule has 0 aliphatic rings. The van der Waals surface area contributed by atoms with Crippen molar-refractivity contribution in [3.05, 3.63) is 22.2 Å². The fraction of sp³-hybridized carbons (Fsp3) is 0.455. The number of hydrogen-bond donors (Lipinski definition) is 2. The molecule has 0 aromatic carbocycles. The predicted octanol–water partition coefficient (Wildman–Crippen LogP) is 0.852. The van der Waals surface area contributed by atoms with E-state index in [1.807, 2.05) is 13.8 Å². The number of rotatable bonds is 6. The Labute approximate surface area is 110 Å². The van der Waals surface area contributed by atoms with Crippen molar-refractivity contribution in [2.75, 3.05) is 30.7 Å². The monoisotopic (exact) mass is 267 g/mol. The van der Waals surface area contributed by atoms with E-state index in [1.165, 1.54) is 12.1 Å². The van der Waals surface area contributed by atoms with Gasteiger partial charge in [0, 0.05) is 19.2 Å². The van der Waals surface area contributed by atoms with Crippen molar-refractivity contribution in [3.63, 3.8) is 0 Å². The average molecular weight is 267 g/mol. The highest BCUT2D eigenvalue weighted by molar-refractivity contribution is 5.80. The lowest BCUT2D eigenvalue weighted by Crippen LogP contribution is -2.35. The van der Waals surface area contributed by atoms with Gasteiger partial charge in [0.25, 0.3) is 0 Å². The van der Waals surface area contributed by atoms with E-state index in [-0.39, 0.29) is 24.0 Å². The number of nitrogen functional groups attached to an aromatic ring is 1. The first-order valence-electron chi connectivity index (χ1n) is 5.92. The van der Waals surface area contributed by atoms with Gasteiger partial charge in [-0.2, -0.15) is 0 Å². The standard InChI is InChI=1S/C11H17N5O3/c1-3-15(4-2)10(17)7-13-9-6-5-8(16(18)19)11(12)14-9/h5-6H,3-4,7H2,1-2H3,(H3,12,13,14). The number of hydrogen-bond acceptors (Lipinski definition) is 6. The number of pyridine rings is 1. The molecule has 0 bridgehead atoms. The minimum absolute atomic E-state index is 0.0660. The van der Waals surface area contributed by atoms with E-state index in [0.717, 1.165) is 0 Å². The van der Waals surface area contributed by atoms with E-state index in [2.05, 4.69) is 10.3 Å². The van der Waals surface area contributed by atoms with Crippen LogP contribution in [-0.4, -0.2) is 40.3 Å². The van der Waals surface area contributed by atoms with Gasteiger partial charge in [-0.25, -0.2) is 4.98 Å². The molecule has 0 radical (unpaired) electrons. The topological polar surface area (TPSA) is 114 Å². The lowest BCUT2D eigenvalue weighted by Gasteiger charge is -2.18. The predicted molar refractivity (Wildman–Crippen MR) is 71.7 cm³/mol. The van der Waals surface area contributed by atoms with E-state index in [1.54, 1.807) is 4.90 Å². The van der Waals surface area contributed by atoms with Gasteiger partial charge in [0.05, 0.1) is 11.5 Å². The van der Waals surface area contributed by atoms with Crippen LogP contribution in [0, 0.1) is 10.1 Å². The highest BCUT2D eigenvalue weighted by Crippen LogP contribution is 2.20. The number of carbonyl (C=O) groups is 1. The summed E-state index contributed by atoms with van der Waals surface area (Å²) in [5.41, 5.74) is 5.20. The molecule has 104 valence electrons. The molecule has 0 spiro atoms. The highest BCUT2D eigenvalue weighted by Gasteiger charge is 2.14. The number of nitrogens with zero attached hydrogens (tertiary/aromatic N) is 3. The third-order valence-corrected chi connectivity index (χ3v) is 2.64. The van der Waals surface area contributed by atoms with Crippen molar-refractivity contribution in [2.45, 2.75) is 13.8 Å². The largest absolute Gasteiger partial charge is 0.378 e. The summed E-state index contributed by atoms with van der Waals surface area (Å²) in [7, 11) is 0. The molecule has 0 aliphatic carbocycles. The summed E-state index contributed by atoms with van der Waals surface area (Å²) in [5, 5.41) is 13.4. The number of carbonyl (C=O) groups excluding carboxylic acids is 1. The lowest BCUT2D eigenvalue weighted by molar-refractivity contribution is -0.384. The summed E-state index contributed by atoms with van der Waals surface area (Å²) in [5.74, 6) is 0.0950. The number of amides is 1. The van der Waals surface area contributed by atoms with Crippen molar-refractivity contribution in [1.82, 2.24) is 9.88 Å². The van der Waals surface area contributed by atoms with Crippen LogP contribution in [0.25, 0.3) is 0 Å². The second-order valence-electron chi connectivity index (χ2n) is 3.78. The van der Waals surface area contributed by atoms with Crippen molar-refractivity contribution in [2.24, 2.45) is 0 Å². The quantitative estimate of drug-likeness (QED) is 0.583. The molecule has 1 aromatic heterocycles. The molecular formula is C11H17N5O3. The van der Waals surface area contributed by atoms with Gasteiger partial charge in [0.1, 0.15) is 5.82 Å². The number of nitrogens with two attached hydrogens (primary N) is 1. The minimum atomic E-state index is -0.604. The van der Waals surface area contributed by atoms with E-state index < -0.39 is 4.92 Å². The Morgan fingerprint density at radius 2 is 2.11 bits per heavy atom. The molecule has 1 aromatic rings. The van der Waals surface area contributed by atoms with Crippen LogP contribution < -0.4 is 11.1 Å². The zero-order valence-corrected chi connectivity index (χ0v) is 10.9. The number of aromatic nitrogens is 1. The third kappa shape index (κ3) is 3.80. The molecular weight excluding hydrogens is 250 g/mol. The minimum Gasteiger partial charge on any atom is -0.378 e. The summed E-state index contributed by atoms with van der Waals surface area (Å²) in [4.78, 5) is 27.2. The Kier molecular flexibility index (Phi) is 5.04. The maximum atomic E-state index is 11.7. The van der Waals surface area contributed by atoms with Crippen molar-refractivity contribution in [1.29, 1.82) is 0 Å². The van der Waals surface area contributed by atoms with Crippen molar-refractivity contribution in [3.8, 4) is 0 Å². The molecule has 1 rings (SSSR count). The van der Waals surface area contributed by atoms with Crippen LogP contribution >= 0.6 is 0 Å². The summed E-state index contributed by atoms with van der Waals surface area (Å²) < 4.78 is 0. The van der Waals surface area contributed by atoms with E-state index >= 15 is 0 Å². The molecule has 3 N–H and O–H groups in total. The van der Waals surface area contributed by atoms with Crippen molar-refractivity contribution >= 4 is 23.2 Å². The molecule has 19 heavy (non-hydrogen) atoms. The Hall–Kier alpha value is -2.38. The second-order valence-corrected chi connectivity index (χ2v) is 3.78. The van der Waals surface area contributed by atoms with E-state index in [4.69, 9.17) is 5.73 Å². The van der Waals surface area contributed by atoms with Gasteiger partial charge in [-0.15, -0.1) is 0 Å². The molecule has 0 saturated heterocycles. The van der Waals surface area contributed by atoms with Gasteiger partial charge in [-0.3, -0.25) is 14.9 Å². The normalized spacial score (nSPS) is 10.0. The Morgan fingerprint density at radius 1 is 1.47 bits per heavy atom. The molecule has 0 aliphatic heterocycles. The first-order valence-corrected chi connectivity index (χ1v) is 5.92. The Balaban J connectivity index is 2.66.